The van der Waals surface area contributed by atoms with Crippen molar-refractivity contribution in [2.45, 2.75) is 59.3 Å². The van der Waals surface area contributed by atoms with E-state index in [0.717, 1.165) is 4.90 Å². The first-order valence-corrected chi connectivity index (χ1v) is 5.86. The van der Waals surface area contributed by atoms with Gasteiger partial charge in [-0.3, -0.25) is 0 Å². The molecule has 17 heavy (non-hydrogen) atoms. The molecule has 1 saturated heterocycles. The first kappa shape index (κ1) is 13.8. The molecule has 1 heterocycles. The summed E-state index contributed by atoms with van der Waals surface area (Å²) in [6, 6.07) is -0.294. The van der Waals surface area contributed by atoms with E-state index >= 15 is 0 Å². The first-order chi connectivity index (χ1) is 7.63. The zero-order valence-corrected chi connectivity index (χ0v) is 11.3. The topological polar surface area (TPSA) is 55.8 Å². The fraction of sp³-hybridized carbons (Fsp3) is 0.833. The Morgan fingerprint density at radius 1 is 1.41 bits per heavy atom. The van der Waals surface area contributed by atoms with Gasteiger partial charge in [0.1, 0.15) is 11.7 Å². The summed E-state index contributed by atoms with van der Waals surface area (Å²) in [5, 5.41) is 0. The van der Waals surface area contributed by atoms with Crippen LogP contribution < -0.4 is 0 Å². The molecule has 0 aliphatic carbocycles. The van der Waals surface area contributed by atoms with Gasteiger partial charge in [0, 0.05) is 0 Å². The Morgan fingerprint density at radius 3 is 2.29 bits per heavy atom. The zero-order valence-electron chi connectivity index (χ0n) is 11.3. The highest BCUT2D eigenvalue weighted by molar-refractivity contribution is 5.90. The lowest BCUT2D eigenvalue weighted by Crippen LogP contribution is -2.43. The third-order valence-corrected chi connectivity index (χ3v) is 2.56. The van der Waals surface area contributed by atoms with Crippen LogP contribution in [0, 0.1) is 5.92 Å². The van der Waals surface area contributed by atoms with Gasteiger partial charge in [-0.1, -0.05) is 13.8 Å². The quantitative estimate of drug-likeness (QED) is 0.710. The summed E-state index contributed by atoms with van der Waals surface area (Å²) in [6.07, 6.45) is -1.53. The predicted molar refractivity (Wildman–Crippen MR) is 62.6 cm³/mol. The number of hydrogen-bond acceptors (Lipinski definition) is 4. The van der Waals surface area contributed by atoms with Crippen molar-refractivity contribution < 1.29 is 19.1 Å². The van der Waals surface area contributed by atoms with Crippen LogP contribution in [0.3, 0.4) is 0 Å². The Balaban J connectivity index is 2.78. The summed E-state index contributed by atoms with van der Waals surface area (Å²) < 4.78 is 10.3. The molecule has 5 heteroatoms. The molecule has 2 atom stereocenters. The van der Waals surface area contributed by atoms with E-state index in [-0.39, 0.29) is 18.1 Å². The summed E-state index contributed by atoms with van der Waals surface area (Å²) in [6.45, 7) is 11.0. The van der Waals surface area contributed by atoms with Gasteiger partial charge in [0.2, 0.25) is 0 Å². The molecule has 1 aliphatic heterocycles. The van der Waals surface area contributed by atoms with Crippen LogP contribution in [0.5, 0.6) is 0 Å². The number of carbonyl (C=O) groups is 2. The third-order valence-electron chi connectivity index (χ3n) is 2.56. The van der Waals surface area contributed by atoms with Crippen LogP contribution in [0.4, 0.5) is 9.59 Å². The minimum absolute atomic E-state index is 0.168. The van der Waals surface area contributed by atoms with Crippen molar-refractivity contribution in [3.63, 3.8) is 0 Å². The number of hydrogen-bond donors (Lipinski definition) is 0. The van der Waals surface area contributed by atoms with E-state index in [1.807, 2.05) is 13.8 Å². The molecule has 1 fully saturated rings. The molecule has 98 valence electrons. The summed E-state index contributed by atoms with van der Waals surface area (Å²) in [5.74, 6) is 0.168. The molecule has 0 saturated carbocycles. The molecule has 0 spiro atoms. The number of nitrogens with zero attached hydrogens (tertiary/aromatic N) is 1. The fourth-order valence-electron chi connectivity index (χ4n) is 1.83. The summed E-state index contributed by atoms with van der Waals surface area (Å²) in [4.78, 5) is 24.5. The highest BCUT2D eigenvalue weighted by Gasteiger charge is 2.45. The van der Waals surface area contributed by atoms with Crippen LogP contribution >= 0.6 is 0 Å². The minimum Gasteiger partial charge on any atom is -0.443 e. The van der Waals surface area contributed by atoms with Crippen LogP contribution in [0.2, 0.25) is 0 Å². The molecule has 0 aromatic carbocycles. The van der Waals surface area contributed by atoms with Gasteiger partial charge in [0.15, 0.2) is 0 Å². The molecule has 1 aliphatic rings. The molecule has 0 N–H and O–H groups in total. The fourth-order valence-corrected chi connectivity index (χ4v) is 1.83. The Kier molecular flexibility index (Phi) is 3.69. The number of imide groups is 1. The van der Waals surface area contributed by atoms with E-state index in [9.17, 15) is 9.59 Å². The Morgan fingerprint density at radius 2 is 1.94 bits per heavy atom. The molecule has 0 radical (unpaired) electrons. The molecule has 0 bridgehead atoms. The van der Waals surface area contributed by atoms with Crippen molar-refractivity contribution >= 4 is 12.2 Å². The van der Waals surface area contributed by atoms with Crippen LogP contribution in [-0.4, -0.2) is 34.8 Å². The van der Waals surface area contributed by atoms with Gasteiger partial charge in [-0.15, -0.1) is 0 Å². The van der Waals surface area contributed by atoms with Crippen molar-refractivity contribution in [2.75, 3.05) is 0 Å². The zero-order chi connectivity index (χ0) is 13.4. The van der Waals surface area contributed by atoms with E-state index < -0.39 is 17.8 Å². The minimum atomic E-state index is -0.641. The Labute approximate surface area is 102 Å². The summed E-state index contributed by atoms with van der Waals surface area (Å²) >= 11 is 0. The third kappa shape index (κ3) is 3.11. The molecule has 1 rings (SSSR count). The Bertz CT molecular complexity index is 319. The highest BCUT2D eigenvalue weighted by Crippen LogP contribution is 2.26. The van der Waals surface area contributed by atoms with E-state index in [2.05, 4.69) is 0 Å². The van der Waals surface area contributed by atoms with Crippen molar-refractivity contribution in [3.05, 3.63) is 0 Å². The van der Waals surface area contributed by atoms with E-state index in [1.165, 1.54) is 0 Å². The smallest absolute Gasteiger partial charge is 0.420 e. The van der Waals surface area contributed by atoms with Crippen molar-refractivity contribution in [1.29, 1.82) is 0 Å². The summed E-state index contributed by atoms with van der Waals surface area (Å²) in [7, 11) is 0. The molecule has 0 aromatic rings. The maximum atomic E-state index is 11.9. The number of carbonyl (C=O) groups excluding carboxylic acids is 2. The van der Waals surface area contributed by atoms with Gasteiger partial charge in [-0.2, -0.15) is 0 Å². The van der Waals surface area contributed by atoms with Gasteiger partial charge in [0.25, 0.3) is 0 Å². The van der Waals surface area contributed by atoms with Gasteiger partial charge in [0.05, 0.1) is 6.04 Å². The number of amides is 2. The maximum Gasteiger partial charge on any atom is 0.420 e. The van der Waals surface area contributed by atoms with Crippen LogP contribution in [0.25, 0.3) is 0 Å². The summed E-state index contributed by atoms with van der Waals surface area (Å²) in [5.41, 5.74) is -0.618. The van der Waals surface area contributed by atoms with Gasteiger partial charge >= 0.3 is 12.2 Å². The van der Waals surface area contributed by atoms with Gasteiger partial charge < -0.3 is 9.47 Å². The van der Waals surface area contributed by atoms with Crippen LogP contribution in [0.15, 0.2) is 0 Å². The largest absolute Gasteiger partial charge is 0.443 e. The first-order valence-electron chi connectivity index (χ1n) is 5.86. The number of rotatable bonds is 1. The molecule has 2 amide bonds. The van der Waals surface area contributed by atoms with E-state index in [1.54, 1.807) is 27.7 Å². The molecular weight excluding hydrogens is 222 g/mol. The monoisotopic (exact) mass is 243 g/mol. The molecule has 5 nitrogen and oxygen atoms in total. The maximum absolute atomic E-state index is 11.9. The average molecular weight is 243 g/mol. The van der Waals surface area contributed by atoms with Crippen LogP contribution in [0.1, 0.15) is 41.5 Å². The van der Waals surface area contributed by atoms with Crippen molar-refractivity contribution in [1.82, 2.24) is 4.90 Å². The van der Waals surface area contributed by atoms with Gasteiger partial charge in [-0.25, -0.2) is 14.5 Å². The number of ether oxygens (including phenoxy) is 2. The lowest BCUT2D eigenvalue weighted by molar-refractivity contribution is 0.0294. The lowest BCUT2D eigenvalue weighted by Gasteiger charge is -2.25. The second-order valence-electron chi connectivity index (χ2n) is 5.68. The second kappa shape index (κ2) is 4.55. The Hall–Kier alpha value is -1.26. The SMILES string of the molecule is CC(C)[C@@H]1OC(=O)N(C(=O)OC(C)(C)C)[C@H]1C. The normalized spacial score (nSPS) is 25.1. The van der Waals surface area contributed by atoms with Gasteiger partial charge in [-0.05, 0) is 33.6 Å². The van der Waals surface area contributed by atoms with E-state index in [4.69, 9.17) is 9.47 Å². The van der Waals surface area contributed by atoms with Crippen LogP contribution in [-0.2, 0) is 9.47 Å². The molecular formula is C12H21NO4. The standard InChI is InChI=1S/C12H21NO4/c1-7(2)9-8(3)13(10(14)16-9)11(15)17-12(4,5)6/h7-9H,1-6H3/t8-,9-/m0/s1. The molecule has 0 aromatic heterocycles. The van der Waals surface area contributed by atoms with E-state index in [0.29, 0.717) is 0 Å². The average Bonchev–Trinajstić information content (AvgIpc) is 2.38. The number of cyclic esters (lactones) is 1. The second-order valence-corrected chi connectivity index (χ2v) is 5.68. The highest BCUT2D eigenvalue weighted by atomic mass is 16.6. The molecule has 0 unspecified atom stereocenters. The van der Waals surface area contributed by atoms with Crippen molar-refractivity contribution in [3.8, 4) is 0 Å². The van der Waals surface area contributed by atoms with Crippen molar-refractivity contribution in [2.24, 2.45) is 5.92 Å². The predicted octanol–water partition coefficient (Wildman–Crippen LogP) is 2.79. The lowest BCUT2D eigenvalue weighted by atomic mass is 10.0.